The average molecular weight is 377 g/mol. The molecule has 1 saturated heterocycles. The smallest absolute Gasteiger partial charge is 0.409 e. The first-order chi connectivity index (χ1) is 11.5. The summed E-state index contributed by atoms with van der Waals surface area (Å²) in [5.74, 6) is 0.493. The Hall–Kier alpha value is -1.21. The number of piperazine rings is 1. The molecule has 0 saturated carbocycles. The minimum absolute atomic E-state index is 0.138. The van der Waals surface area contributed by atoms with Gasteiger partial charge in [-0.25, -0.2) is 4.79 Å². The van der Waals surface area contributed by atoms with E-state index in [9.17, 15) is 9.90 Å². The fraction of sp³-hybridized carbons (Fsp3) is 0.562. The molecule has 0 aliphatic carbocycles. The van der Waals surface area contributed by atoms with Gasteiger partial charge in [0.1, 0.15) is 18.5 Å². The van der Waals surface area contributed by atoms with Crippen molar-refractivity contribution >= 4 is 29.3 Å². The topological polar surface area (TPSA) is 62.2 Å². The zero-order valence-electron chi connectivity index (χ0n) is 13.6. The van der Waals surface area contributed by atoms with Gasteiger partial charge in [-0.2, -0.15) is 0 Å². The summed E-state index contributed by atoms with van der Waals surface area (Å²) >= 11 is 11.9. The van der Waals surface area contributed by atoms with Crippen molar-refractivity contribution in [2.24, 2.45) is 0 Å². The van der Waals surface area contributed by atoms with Gasteiger partial charge in [-0.1, -0.05) is 23.2 Å². The number of nitrogens with zero attached hydrogens (tertiary/aromatic N) is 2. The van der Waals surface area contributed by atoms with E-state index in [1.165, 1.54) is 0 Å². The van der Waals surface area contributed by atoms with Crippen LogP contribution >= 0.6 is 23.2 Å². The lowest BCUT2D eigenvalue weighted by Crippen LogP contribution is -2.51. The van der Waals surface area contributed by atoms with Crippen molar-refractivity contribution in [1.82, 2.24) is 9.80 Å². The van der Waals surface area contributed by atoms with E-state index in [1.54, 1.807) is 30.0 Å². The number of β-amino-alcohol motifs (C(OH)–C–C–N with tert-alkyl or cyclic N) is 1. The molecule has 0 bridgehead atoms. The summed E-state index contributed by atoms with van der Waals surface area (Å²) in [7, 11) is 0. The van der Waals surface area contributed by atoms with Gasteiger partial charge < -0.3 is 19.5 Å². The summed E-state index contributed by atoms with van der Waals surface area (Å²) in [4.78, 5) is 15.4. The van der Waals surface area contributed by atoms with Gasteiger partial charge in [0.2, 0.25) is 0 Å². The molecule has 1 aliphatic heterocycles. The number of hydrogen-bond acceptors (Lipinski definition) is 5. The Bertz CT molecular complexity index is 551. The minimum atomic E-state index is -0.647. The van der Waals surface area contributed by atoms with E-state index in [0.717, 1.165) is 0 Å². The quantitative estimate of drug-likeness (QED) is 0.826. The molecule has 1 amide bonds. The molecule has 6 nitrogen and oxygen atoms in total. The van der Waals surface area contributed by atoms with E-state index in [1.807, 2.05) is 0 Å². The van der Waals surface area contributed by atoms with Crippen LogP contribution in [0.5, 0.6) is 5.75 Å². The van der Waals surface area contributed by atoms with Crippen LogP contribution in [0.25, 0.3) is 0 Å². The zero-order chi connectivity index (χ0) is 17.5. The van der Waals surface area contributed by atoms with Crippen LogP contribution in [-0.4, -0.2) is 73.0 Å². The lowest BCUT2D eigenvalue weighted by atomic mass is 10.2. The summed E-state index contributed by atoms with van der Waals surface area (Å²) < 4.78 is 10.5. The minimum Gasteiger partial charge on any atom is -0.489 e. The van der Waals surface area contributed by atoms with Gasteiger partial charge >= 0.3 is 6.09 Å². The number of ether oxygens (including phenoxy) is 2. The van der Waals surface area contributed by atoms with Crippen LogP contribution < -0.4 is 4.74 Å². The summed E-state index contributed by atoms with van der Waals surface area (Å²) in [5, 5.41) is 11.1. The van der Waals surface area contributed by atoms with Gasteiger partial charge in [0, 0.05) is 37.7 Å². The number of halogens is 2. The summed E-state index contributed by atoms with van der Waals surface area (Å²) in [6, 6.07) is 4.96. The second-order valence-electron chi connectivity index (χ2n) is 5.53. The number of aliphatic hydroxyl groups is 1. The van der Waals surface area contributed by atoms with Gasteiger partial charge in [0.25, 0.3) is 0 Å². The number of hydrogen-bond donors (Lipinski definition) is 1. The zero-order valence-corrected chi connectivity index (χ0v) is 15.1. The standard InChI is InChI=1S/C16H22Cl2N2O4/c1-2-23-16(22)20-7-5-19(6-8-20)10-13(21)11-24-15-4-3-12(17)9-14(15)18/h3-4,9,13,21H,2,5-8,10-11H2,1H3/t13-/m0/s1. The van der Waals surface area contributed by atoms with Crippen molar-refractivity contribution in [3.63, 3.8) is 0 Å². The predicted octanol–water partition coefficient (Wildman–Crippen LogP) is 2.51. The average Bonchev–Trinajstić information content (AvgIpc) is 2.55. The highest BCUT2D eigenvalue weighted by atomic mass is 35.5. The van der Waals surface area contributed by atoms with Crippen molar-refractivity contribution in [2.75, 3.05) is 45.9 Å². The Morgan fingerprint density at radius 3 is 2.62 bits per heavy atom. The second-order valence-corrected chi connectivity index (χ2v) is 6.37. The Kier molecular flexibility index (Phi) is 7.42. The molecule has 2 rings (SSSR count). The molecule has 1 heterocycles. The van der Waals surface area contributed by atoms with E-state index in [4.69, 9.17) is 32.7 Å². The predicted molar refractivity (Wildman–Crippen MR) is 93.0 cm³/mol. The maximum Gasteiger partial charge on any atom is 0.409 e. The van der Waals surface area contributed by atoms with E-state index in [-0.39, 0.29) is 12.7 Å². The lowest BCUT2D eigenvalue weighted by molar-refractivity contribution is 0.0408. The van der Waals surface area contributed by atoms with Crippen LogP contribution in [0.15, 0.2) is 18.2 Å². The van der Waals surface area contributed by atoms with Crippen molar-refractivity contribution in [2.45, 2.75) is 13.0 Å². The molecule has 0 unspecified atom stereocenters. The number of benzene rings is 1. The Labute approximate surface area is 151 Å². The van der Waals surface area contributed by atoms with Crippen LogP contribution in [0.3, 0.4) is 0 Å². The monoisotopic (exact) mass is 376 g/mol. The molecule has 1 N–H and O–H groups in total. The third-order valence-corrected chi connectivity index (χ3v) is 4.22. The van der Waals surface area contributed by atoms with E-state index in [0.29, 0.717) is 55.1 Å². The molecule has 8 heteroatoms. The van der Waals surface area contributed by atoms with Gasteiger partial charge in [-0.3, -0.25) is 4.90 Å². The molecular weight excluding hydrogens is 355 g/mol. The molecular formula is C16H22Cl2N2O4. The Balaban J connectivity index is 1.71. The summed E-state index contributed by atoms with van der Waals surface area (Å²) in [5.41, 5.74) is 0. The second kappa shape index (κ2) is 9.32. The highest BCUT2D eigenvalue weighted by molar-refractivity contribution is 6.35. The van der Waals surface area contributed by atoms with Crippen molar-refractivity contribution < 1.29 is 19.4 Å². The molecule has 1 aromatic carbocycles. The van der Waals surface area contributed by atoms with Crippen molar-refractivity contribution in [3.8, 4) is 5.75 Å². The van der Waals surface area contributed by atoms with E-state index in [2.05, 4.69) is 4.90 Å². The Morgan fingerprint density at radius 2 is 2.00 bits per heavy atom. The van der Waals surface area contributed by atoms with Gasteiger partial charge in [0.05, 0.1) is 11.6 Å². The molecule has 1 atom stereocenters. The first kappa shape index (κ1) is 19.1. The normalized spacial score (nSPS) is 16.8. The van der Waals surface area contributed by atoms with Crippen LogP contribution in [0.2, 0.25) is 10.0 Å². The largest absolute Gasteiger partial charge is 0.489 e. The maximum atomic E-state index is 11.6. The van der Waals surface area contributed by atoms with Gasteiger partial charge in [0.15, 0.2) is 0 Å². The maximum absolute atomic E-state index is 11.6. The summed E-state index contributed by atoms with van der Waals surface area (Å²) in [6.45, 7) is 5.35. The first-order valence-corrected chi connectivity index (χ1v) is 8.65. The van der Waals surface area contributed by atoms with E-state index < -0.39 is 6.10 Å². The molecule has 0 radical (unpaired) electrons. The lowest BCUT2D eigenvalue weighted by Gasteiger charge is -2.34. The van der Waals surface area contributed by atoms with Crippen LogP contribution in [0.1, 0.15) is 6.92 Å². The molecule has 134 valence electrons. The van der Waals surface area contributed by atoms with E-state index >= 15 is 0 Å². The van der Waals surface area contributed by atoms with Crippen molar-refractivity contribution in [1.29, 1.82) is 0 Å². The summed E-state index contributed by atoms with van der Waals surface area (Å²) in [6.07, 6.45) is -0.927. The molecule has 0 aromatic heterocycles. The van der Waals surface area contributed by atoms with Crippen molar-refractivity contribution in [3.05, 3.63) is 28.2 Å². The third kappa shape index (κ3) is 5.70. The number of carbonyl (C=O) groups excluding carboxylic acids is 1. The third-order valence-electron chi connectivity index (χ3n) is 3.69. The SMILES string of the molecule is CCOC(=O)N1CCN(C[C@H](O)COc2ccc(Cl)cc2Cl)CC1. The number of aliphatic hydroxyl groups excluding tert-OH is 1. The Morgan fingerprint density at radius 1 is 1.29 bits per heavy atom. The number of rotatable bonds is 6. The fourth-order valence-electron chi connectivity index (χ4n) is 2.46. The highest BCUT2D eigenvalue weighted by Gasteiger charge is 2.23. The fourth-order valence-corrected chi connectivity index (χ4v) is 2.92. The van der Waals surface area contributed by atoms with Crippen LogP contribution in [0, 0.1) is 0 Å². The van der Waals surface area contributed by atoms with Gasteiger partial charge in [-0.15, -0.1) is 0 Å². The number of carbonyl (C=O) groups is 1. The number of amides is 1. The molecule has 1 aromatic rings. The first-order valence-electron chi connectivity index (χ1n) is 7.89. The van der Waals surface area contributed by atoms with Crippen LogP contribution in [-0.2, 0) is 4.74 Å². The molecule has 0 spiro atoms. The highest BCUT2D eigenvalue weighted by Crippen LogP contribution is 2.27. The van der Waals surface area contributed by atoms with Gasteiger partial charge in [-0.05, 0) is 25.1 Å². The van der Waals surface area contributed by atoms with Crippen LogP contribution in [0.4, 0.5) is 4.79 Å². The molecule has 1 fully saturated rings. The molecule has 1 aliphatic rings. The molecule has 24 heavy (non-hydrogen) atoms.